The van der Waals surface area contributed by atoms with Gasteiger partial charge >= 0.3 is 0 Å². The van der Waals surface area contributed by atoms with Crippen LogP contribution < -0.4 is 5.73 Å². The first-order valence-corrected chi connectivity index (χ1v) is 7.12. The van der Waals surface area contributed by atoms with Crippen molar-refractivity contribution in [3.05, 3.63) is 36.5 Å². The zero-order valence-corrected chi connectivity index (χ0v) is 11.0. The molecular formula is C12H11N5OS. The Kier molecular flexibility index (Phi) is 2.75. The van der Waals surface area contributed by atoms with Crippen LogP contribution in [0.1, 0.15) is 0 Å². The molecule has 3 aromatic heterocycles. The highest BCUT2D eigenvalue weighted by molar-refractivity contribution is 7.84. The van der Waals surface area contributed by atoms with Crippen molar-refractivity contribution >= 4 is 22.3 Å². The van der Waals surface area contributed by atoms with Crippen molar-refractivity contribution in [2.75, 3.05) is 12.0 Å². The average Bonchev–Trinajstić information content (AvgIpc) is 2.84. The van der Waals surface area contributed by atoms with Crippen molar-refractivity contribution in [1.29, 1.82) is 0 Å². The Hall–Kier alpha value is -2.28. The van der Waals surface area contributed by atoms with Crippen LogP contribution in [0.5, 0.6) is 0 Å². The van der Waals surface area contributed by atoms with Gasteiger partial charge in [0.05, 0.1) is 16.5 Å². The monoisotopic (exact) mass is 273 g/mol. The Morgan fingerprint density at radius 2 is 2.16 bits per heavy atom. The molecule has 0 aromatic carbocycles. The highest BCUT2D eigenvalue weighted by Gasteiger charge is 2.11. The Balaban J connectivity index is 2.22. The van der Waals surface area contributed by atoms with E-state index < -0.39 is 10.8 Å². The van der Waals surface area contributed by atoms with Crippen LogP contribution in [0, 0.1) is 0 Å². The van der Waals surface area contributed by atoms with Crippen molar-refractivity contribution < 1.29 is 4.21 Å². The maximum atomic E-state index is 11.4. The van der Waals surface area contributed by atoms with Crippen molar-refractivity contribution in [2.24, 2.45) is 0 Å². The van der Waals surface area contributed by atoms with Crippen LogP contribution in [0.3, 0.4) is 0 Å². The largest absolute Gasteiger partial charge is 0.384 e. The van der Waals surface area contributed by atoms with Gasteiger partial charge in [0.2, 0.25) is 5.16 Å². The molecule has 0 saturated heterocycles. The lowest BCUT2D eigenvalue weighted by atomic mass is 10.2. The van der Waals surface area contributed by atoms with Crippen LogP contribution in [0.25, 0.3) is 16.9 Å². The lowest BCUT2D eigenvalue weighted by molar-refractivity contribution is 0.679. The second-order valence-electron chi connectivity index (χ2n) is 4.00. The van der Waals surface area contributed by atoms with Crippen LogP contribution in [0.15, 0.2) is 41.7 Å². The van der Waals surface area contributed by atoms with Crippen molar-refractivity contribution in [3.63, 3.8) is 0 Å². The fourth-order valence-electron chi connectivity index (χ4n) is 1.79. The number of aromatic nitrogens is 4. The van der Waals surface area contributed by atoms with Gasteiger partial charge in [0.15, 0.2) is 5.65 Å². The molecule has 96 valence electrons. The van der Waals surface area contributed by atoms with E-state index in [0.717, 1.165) is 11.3 Å². The molecule has 19 heavy (non-hydrogen) atoms. The molecule has 6 nitrogen and oxygen atoms in total. The van der Waals surface area contributed by atoms with Crippen molar-refractivity contribution in [3.8, 4) is 11.3 Å². The summed E-state index contributed by atoms with van der Waals surface area (Å²) in [5.41, 5.74) is 8.16. The van der Waals surface area contributed by atoms with E-state index in [9.17, 15) is 4.21 Å². The molecule has 0 radical (unpaired) electrons. The van der Waals surface area contributed by atoms with E-state index in [1.54, 1.807) is 12.3 Å². The third kappa shape index (κ3) is 2.08. The summed E-state index contributed by atoms with van der Waals surface area (Å²) in [6, 6.07) is 9.23. The minimum atomic E-state index is -1.24. The van der Waals surface area contributed by atoms with E-state index in [-0.39, 0.29) is 5.16 Å². The molecule has 0 fully saturated rings. The molecule has 0 aliphatic rings. The van der Waals surface area contributed by atoms with E-state index in [2.05, 4.69) is 15.1 Å². The molecule has 3 heterocycles. The van der Waals surface area contributed by atoms with Crippen LogP contribution in [0.2, 0.25) is 0 Å². The first-order valence-electron chi connectivity index (χ1n) is 5.56. The number of nitrogens with zero attached hydrogens (tertiary/aromatic N) is 4. The first kappa shape index (κ1) is 11.8. The molecule has 3 rings (SSSR count). The topological polar surface area (TPSA) is 86.2 Å². The molecule has 0 bridgehead atoms. The summed E-state index contributed by atoms with van der Waals surface area (Å²) in [4.78, 5) is 8.47. The smallest absolute Gasteiger partial charge is 0.239 e. The van der Waals surface area contributed by atoms with E-state index in [1.807, 2.05) is 24.3 Å². The number of rotatable bonds is 2. The van der Waals surface area contributed by atoms with E-state index in [4.69, 9.17) is 5.73 Å². The number of hydrogen-bond acceptors (Lipinski definition) is 5. The molecule has 1 unspecified atom stereocenters. The fourth-order valence-corrected chi connectivity index (χ4v) is 2.21. The van der Waals surface area contributed by atoms with Gasteiger partial charge in [-0.05, 0) is 24.3 Å². The molecule has 0 saturated carbocycles. The lowest BCUT2D eigenvalue weighted by Crippen LogP contribution is -1.99. The quantitative estimate of drug-likeness (QED) is 0.756. The Labute approximate surface area is 111 Å². The van der Waals surface area contributed by atoms with Crippen LogP contribution >= 0.6 is 0 Å². The molecule has 0 spiro atoms. The van der Waals surface area contributed by atoms with Gasteiger partial charge in [-0.25, -0.2) is 0 Å². The third-order valence-corrected chi connectivity index (χ3v) is 3.35. The van der Waals surface area contributed by atoms with Gasteiger partial charge < -0.3 is 5.73 Å². The maximum Gasteiger partial charge on any atom is 0.239 e. The summed E-state index contributed by atoms with van der Waals surface area (Å²) in [7, 11) is -1.24. The summed E-state index contributed by atoms with van der Waals surface area (Å²) < 4.78 is 12.9. The second kappa shape index (κ2) is 4.43. The number of fused-ring (bicyclic) bond motifs is 1. The Morgan fingerprint density at radius 1 is 1.32 bits per heavy atom. The second-order valence-corrected chi connectivity index (χ2v) is 5.28. The predicted octanol–water partition coefficient (Wildman–Crippen LogP) is 1.11. The average molecular weight is 273 g/mol. The summed E-state index contributed by atoms with van der Waals surface area (Å²) >= 11 is 0. The number of pyridine rings is 2. The van der Waals surface area contributed by atoms with Crippen molar-refractivity contribution in [1.82, 2.24) is 19.6 Å². The van der Waals surface area contributed by atoms with Crippen LogP contribution in [-0.4, -0.2) is 30.0 Å². The zero-order chi connectivity index (χ0) is 13.4. The maximum absolute atomic E-state index is 11.4. The van der Waals surface area contributed by atoms with Gasteiger partial charge in [0.25, 0.3) is 0 Å². The first-order chi connectivity index (χ1) is 9.15. The van der Waals surface area contributed by atoms with Gasteiger partial charge in [-0.2, -0.15) is 9.50 Å². The minimum Gasteiger partial charge on any atom is -0.384 e. The molecule has 1 atom stereocenters. The van der Waals surface area contributed by atoms with E-state index >= 15 is 0 Å². The molecule has 7 heteroatoms. The predicted molar refractivity (Wildman–Crippen MR) is 73.0 cm³/mol. The number of nitrogens with two attached hydrogens (primary N) is 1. The van der Waals surface area contributed by atoms with Gasteiger partial charge in [-0.3, -0.25) is 9.19 Å². The fraction of sp³-hybridized carbons (Fsp3) is 0.0833. The molecule has 0 amide bonds. The molecule has 0 aliphatic carbocycles. The SMILES string of the molecule is CS(=O)c1nc2cc(-c3ccccn3)cc(N)n2n1. The highest BCUT2D eigenvalue weighted by Crippen LogP contribution is 2.21. The minimum absolute atomic E-state index is 0.268. The molecular weight excluding hydrogens is 262 g/mol. The zero-order valence-electron chi connectivity index (χ0n) is 10.1. The summed E-state index contributed by atoms with van der Waals surface area (Å²) in [5.74, 6) is 0.433. The van der Waals surface area contributed by atoms with Gasteiger partial charge in [-0.1, -0.05) is 6.07 Å². The van der Waals surface area contributed by atoms with Gasteiger partial charge in [0, 0.05) is 18.0 Å². The third-order valence-electron chi connectivity index (χ3n) is 2.66. The normalized spacial score (nSPS) is 12.7. The standard InChI is InChI=1S/C12H11N5OS/c1-19(18)12-15-11-7-8(6-10(13)17(11)16-12)9-4-2-3-5-14-9/h2-7H,13H2,1H3. The Bertz CT molecular complexity index is 768. The van der Waals surface area contributed by atoms with Crippen LogP contribution in [-0.2, 0) is 10.8 Å². The number of nitrogen functional groups attached to an aromatic ring is 1. The van der Waals surface area contributed by atoms with Crippen molar-refractivity contribution in [2.45, 2.75) is 5.16 Å². The highest BCUT2D eigenvalue weighted by atomic mass is 32.2. The molecule has 3 aromatic rings. The summed E-state index contributed by atoms with van der Waals surface area (Å²) in [5, 5.41) is 4.37. The number of hydrogen-bond donors (Lipinski definition) is 1. The van der Waals surface area contributed by atoms with Gasteiger partial charge in [0.1, 0.15) is 5.82 Å². The molecule has 2 N–H and O–H groups in total. The van der Waals surface area contributed by atoms with E-state index in [0.29, 0.717) is 11.5 Å². The Morgan fingerprint density at radius 3 is 2.84 bits per heavy atom. The number of anilines is 1. The van der Waals surface area contributed by atoms with E-state index in [1.165, 1.54) is 10.8 Å². The summed E-state index contributed by atoms with van der Waals surface area (Å²) in [6.07, 6.45) is 3.25. The van der Waals surface area contributed by atoms with Crippen LogP contribution in [0.4, 0.5) is 5.82 Å². The lowest BCUT2D eigenvalue weighted by Gasteiger charge is -2.03. The molecule has 0 aliphatic heterocycles. The summed E-state index contributed by atoms with van der Waals surface area (Å²) in [6.45, 7) is 0. The van der Waals surface area contributed by atoms with Gasteiger partial charge in [-0.15, -0.1) is 5.10 Å².